The van der Waals surface area contributed by atoms with Gasteiger partial charge in [-0.2, -0.15) is 0 Å². The molecule has 14 heavy (non-hydrogen) atoms. The fraction of sp³-hybridized carbons (Fsp3) is 0.833. The Balaban J connectivity index is 2.82. The Morgan fingerprint density at radius 2 is 1.93 bits per heavy atom. The normalized spacial score (nSPS) is 29.9. The van der Waals surface area contributed by atoms with Gasteiger partial charge in [0.15, 0.2) is 0 Å². The van der Waals surface area contributed by atoms with Gasteiger partial charge in [0.2, 0.25) is 0 Å². The van der Waals surface area contributed by atoms with Gasteiger partial charge in [0.1, 0.15) is 0 Å². The van der Waals surface area contributed by atoms with Crippen molar-refractivity contribution in [3.8, 4) is 0 Å². The highest BCUT2D eigenvalue weighted by Gasteiger charge is 2.33. The zero-order chi connectivity index (χ0) is 10.9. The van der Waals surface area contributed by atoms with Gasteiger partial charge in [-0.15, -0.1) is 0 Å². The predicted octanol–water partition coefficient (Wildman–Crippen LogP) is 2.04. The van der Waals surface area contributed by atoms with Gasteiger partial charge in [0.25, 0.3) is 0 Å². The summed E-state index contributed by atoms with van der Waals surface area (Å²) < 4.78 is 0. The summed E-state index contributed by atoms with van der Waals surface area (Å²) in [6.07, 6.45) is 2.19. The van der Waals surface area contributed by atoms with E-state index in [-0.39, 0.29) is 0 Å². The van der Waals surface area contributed by atoms with E-state index in [0.29, 0.717) is 12.0 Å². The molecule has 0 fully saturated rings. The topological polar surface area (TPSA) is 23.5 Å². The van der Waals surface area contributed by atoms with Gasteiger partial charge in [-0.3, -0.25) is 4.90 Å². The van der Waals surface area contributed by atoms with Gasteiger partial charge in [-0.05, 0) is 32.3 Å². The lowest BCUT2D eigenvalue weighted by Crippen LogP contribution is -2.49. The Morgan fingerprint density at radius 3 is 2.29 bits per heavy atom. The van der Waals surface area contributed by atoms with E-state index in [1.807, 2.05) is 6.92 Å². The standard InChI is InChI=1S/C12H23NO/c1-9(2)11-6-7-13(10(3)4)8-12(11,5)14/h6,9-10,14H,7-8H2,1-5H3. The number of hydrogen-bond acceptors (Lipinski definition) is 2. The van der Waals surface area contributed by atoms with Crippen molar-refractivity contribution in [2.45, 2.75) is 46.3 Å². The molecule has 2 nitrogen and oxygen atoms in total. The molecule has 0 radical (unpaired) electrons. The van der Waals surface area contributed by atoms with Gasteiger partial charge in [-0.1, -0.05) is 19.9 Å². The van der Waals surface area contributed by atoms with Crippen LogP contribution in [-0.2, 0) is 0 Å². The lowest BCUT2D eigenvalue weighted by Gasteiger charge is -2.40. The Bertz CT molecular complexity index is 228. The number of hydrogen-bond donors (Lipinski definition) is 1. The monoisotopic (exact) mass is 197 g/mol. The highest BCUT2D eigenvalue weighted by Crippen LogP contribution is 2.29. The number of nitrogens with zero attached hydrogens (tertiary/aromatic N) is 1. The summed E-state index contributed by atoms with van der Waals surface area (Å²) in [5, 5.41) is 10.3. The predicted molar refractivity (Wildman–Crippen MR) is 60.3 cm³/mol. The first-order valence-electron chi connectivity index (χ1n) is 5.51. The van der Waals surface area contributed by atoms with Crippen molar-refractivity contribution in [3.63, 3.8) is 0 Å². The van der Waals surface area contributed by atoms with E-state index in [2.05, 4.69) is 38.7 Å². The molecule has 0 spiro atoms. The lowest BCUT2D eigenvalue weighted by molar-refractivity contribution is 0.0271. The molecule has 1 heterocycles. The molecule has 1 N–H and O–H groups in total. The average molecular weight is 197 g/mol. The first-order valence-corrected chi connectivity index (χ1v) is 5.51. The molecule has 1 aliphatic rings. The quantitative estimate of drug-likeness (QED) is 0.685. The number of β-amino-alcohol motifs (C(OH)–C–C–N with tert-alkyl or cyclic N) is 1. The highest BCUT2D eigenvalue weighted by molar-refractivity contribution is 5.22. The molecule has 0 bridgehead atoms. The van der Waals surface area contributed by atoms with Crippen LogP contribution in [0.25, 0.3) is 0 Å². The molecule has 0 aromatic heterocycles. The third kappa shape index (κ3) is 2.37. The third-order valence-corrected chi connectivity index (χ3v) is 3.03. The largest absolute Gasteiger partial charge is 0.384 e. The van der Waals surface area contributed by atoms with Gasteiger partial charge in [0, 0.05) is 19.1 Å². The Hall–Kier alpha value is -0.340. The maximum absolute atomic E-state index is 10.3. The summed E-state index contributed by atoms with van der Waals surface area (Å²) >= 11 is 0. The maximum atomic E-state index is 10.3. The Morgan fingerprint density at radius 1 is 1.36 bits per heavy atom. The minimum atomic E-state index is -0.642. The van der Waals surface area contributed by atoms with Crippen LogP contribution in [-0.4, -0.2) is 34.7 Å². The van der Waals surface area contributed by atoms with Crippen molar-refractivity contribution in [1.29, 1.82) is 0 Å². The van der Waals surface area contributed by atoms with Crippen LogP contribution < -0.4 is 0 Å². The summed E-state index contributed by atoms with van der Waals surface area (Å²) in [6.45, 7) is 12.3. The molecule has 1 aliphatic heterocycles. The van der Waals surface area contributed by atoms with Crippen LogP contribution in [0.1, 0.15) is 34.6 Å². The minimum absolute atomic E-state index is 0.444. The summed E-state index contributed by atoms with van der Waals surface area (Å²) in [5.74, 6) is 0.444. The van der Waals surface area contributed by atoms with Crippen LogP contribution in [0.3, 0.4) is 0 Å². The zero-order valence-corrected chi connectivity index (χ0v) is 10.0. The molecule has 2 heteroatoms. The van der Waals surface area contributed by atoms with Crippen molar-refractivity contribution in [2.24, 2.45) is 5.92 Å². The van der Waals surface area contributed by atoms with Gasteiger partial charge in [0.05, 0.1) is 5.60 Å². The van der Waals surface area contributed by atoms with Crippen molar-refractivity contribution in [3.05, 3.63) is 11.6 Å². The van der Waals surface area contributed by atoms with Crippen LogP contribution in [0.15, 0.2) is 11.6 Å². The second-order valence-electron chi connectivity index (χ2n) is 5.11. The van der Waals surface area contributed by atoms with Crippen molar-refractivity contribution >= 4 is 0 Å². The Kier molecular flexibility index (Phi) is 3.38. The van der Waals surface area contributed by atoms with Crippen molar-refractivity contribution < 1.29 is 5.11 Å². The average Bonchev–Trinajstić information content (AvgIpc) is 2.01. The second kappa shape index (κ2) is 4.03. The van der Waals surface area contributed by atoms with Gasteiger partial charge < -0.3 is 5.11 Å². The van der Waals surface area contributed by atoms with E-state index in [9.17, 15) is 5.11 Å². The molecule has 0 amide bonds. The first-order chi connectivity index (χ1) is 6.34. The second-order valence-corrected chi connectivity index (χ2v) is 5.11. The van der Waals surface area contributed by atoms with Crippen molar-refractivity contribution in [1.82, 2.24) is 4.90 Å². The zero-order valence-electron chi connectivity index (χ0n) is 10.0. The molecule has 1 rings (SSSR count). The molecular weight excluding hydrogens is 174 g/mol. The van der Waals surface area contributed by atoms with Gasteiger partial charge >= 0.3 is 0 Å². The smallest absolute Gasteiger partial charge is 0.0958 e. The van der Waals surface area contributed by atoms with Crippen molar-refractivity contribution in [2.75, 3.05) is 13.1 Å². The van der Waals surface area contributed by atoms with E-state index in [0.717, 1.165) is 13.1 Å². The molecule has 0 saturated heterocycles. The first kappa shape index (κ1) is 11.7. The molecule has 1 unspecified atom stereocenters. The van der Waals surface area contributed by atoms with E-state index in [4.69, 9.17) is 0 Å². The van der Waals surface area contributed by atoms with Crippen LogP contribution >= 0.6 is 0 Å². The number of rotatable bonds is 2. The summed E-state index contributed by atoms with van der Waals surface area (Å²) in [6, 6.07) is 0.506. The van der Waals surface area contributed by atoms with Gasteiger partial charge in [-0.25, -0.2) is 0 Å². The summed E-state index contributed by atoms with van der Waals surface area (Å²) in [4.78, 5) is 2.30. The molecule has 0 saturated carbocycles. The van der Waals surface area contributed by atoms with Crippen LogP contribution in [0.4, 0.5) is 0 Å². The van der Waals surface area contributed by atoms with Crippen LogP contribution in [0.2, 0.25) is 0 Å². The van der Waals surface area contributed by atoms with Crippen LogP contribution in [0.5, 0.6) is 0 Å². The van der Waals surface area contributed by atoms with E-state index in [1.165, 1.54) is 5.57 Å². The molecule has 0 aromatic carbocycles. The SMILES string of the molecule is CC(C)C1=CCN(C(C)C)CC1(C)O. The minimum Gasteiger partial charge on any atom is -0.384 e. The fourth-order valence-electron chi connectivity index (χ4n) is 2.24. The van der Waals surface area contributed by atoms with Crippen LogP contribution in [0, 0.1) is 5.92 Å². The van der Waals surface area contributed by atoms with E-state index >= 15 is 0 Å². The summed E-state index contributed by atoms with van der Waals surface area (Å²) in [7, 11) is 0. The fourth-order valence-corrected chi connectivity index (χ4v) is 2.24. The number of aliphatic hydroxyl groups is 1. The molecule has 0 aliphatic carbocycles. The molecule has 0 aromatic rings. The third-order valence-electron chi connectivity index (χ3n) is 3.03. The lowest BCUT2D eigenvalue weighted by atomic mass is 9.84. The maximum Gasteiger partial charge on any atom is 0.0958 e. The molecular formula is C12H23NO. The highest BCUT2D eigenvalue weighted by atomic mass is 16.3. The molecule has 82 valence electrons. The van der Waals surface area contributed by atoms with E-state index in [1.54, 1.807) is 0 Å². The van der Waals surface area contributed by atoms with E-state index < -0.39 is 5.60 Å². The molecule has 1 atom stereocenters. The summed E-state index contributed by atoms with van der Waals surface area (Å²) in [5.41, 5.74) is 0.547. The Labute approximate surface area is 87.6 Å².